The molecule has 0 amide bonds. The zero-order chi connectivity index (χ0) is 12.0. The second-order valence-electron chi connectivity index (χ2n) is 4.42. The zero-order valence-corrected chi connectivity index (χ0v) is 11.8. The molecular formula is C12H14ClNO3S. The van der Waals surface area contributed by atoms with Crippen LogP contribution in [-0.4, -0.2) is 37.4 Å². The van der Waals surface area contributed by atoms with Gasteiger partial charge in [-0.2, -0.15) is 0 Å². The Morgan fingerprint density at radius 2 is 2.17 bits per heavy atom. The molecule has 2 aliphatic rings. The normalized spacial score (nSPS) is 19.9. The van der Waals surface area contributed by atoms with Crippen molar-refractivity contribution in [3.8, 4) is 11.5 Å². The van der Waals surface area contributed by atoms with Crippen molar-refractivity contribution in [1.29, 1.82) is 0 Å². The van der Waals surface area contributed by atoms with E-state index in [1.54, 1.807) is 0 Å². The van der Waals surface area contributed by atoms with Crippen molar-refractivity contribution in [3.05, 3.63) is 23.3 Å². The maximum atomic E-state index is 12.0. The summed E-state index contributed by atoms with van der Waals surface area (Å²) in [6.45, 7) is 1.06. The summed E-state index contributed by atoms with van der Waals surface area (Å²) in [5.74, 6) is 1.31. The highest BCUT2D eigenvalue weighted by Crippen LogP contribution is 2.49. The third-order valence-corrected chi connectivity index (χ3v) is 4.01. The van der Waals surface area contributed by atoms with Crippen molar-refractivity contribution >= 4 is 29.3 Å². The number of hydrogen-bond acceptors (Lipinski definition) is 5. The number of ether oxygens (including phenoxy) is 2. The summed E-state index contributed by atoms with van der Waals surface area (Å²) in [5, 5.41) is 0.288. The fraction of sp³-hybridized carbons (Fsp3) is 0.417. The number of likely N-dealkylation sites (N-methyl/N-ethyl adjacent to an activating group) is 1. The number of benzene rings is 1. The summed E-state index contributed by atoms with van der Waals surface area (Å²) in [4.78, 5) is 14.1. The lowest BCUT2D eigenvalue weighted by Crippen LogP contribution is -2.17. The molecule has 0 N–H and O–H groups in total. The predicted molar refractivity (Wildman–Crippen MR) is 73.0 cm³/mol. The van der Waals surface area contributed by atoms with Gasteiger partial charge in [-0.1, -0.05) is 17.8 Å². The van der Waals surface area contributed by atoms with Crippen LogP contribution in [0.1, 0.15) is 21.2 Å². The SMILES string of the molecule is CN(C)CC1SC(=O)c2c1ccc1c2OCO1.Cl. The van der Waals surface area contributed by atoms with E-state index in [0.717, 1.165) is 12.1 Å². The van der Waals surface area contributed by atoms with Crippen LogP contribution < -0.4 is 9.47 Å². The van der Waals surface area contributed by atoms with Crippen molar-refractivity contribution in [2.24, 2.45) is 0 Å². The first kappa shape index (κ1) is 13.5. The molecule has 1 unspecified atom stereocenters. The molecule has 1 aromatic rings. The molecule has 0 fully saturated rings. The third-order valence-electron chi connectivity index (χ3n) is 2.90. The number of carbonyl (C=O) groups excluding carboxylic acids is 1. The molecule has 0 aromatic heterocycles. The molecule has 0 bridgehead atoms. The van der Waals surface area contributed by atoms with Gasteiger partial charge >= 0.3 is 0 Å². The van der Waals surface area contributed by atoms with Crippen molar-refractivity contribution in [2.45, 2.75) is 5.25 Å². The number of rotatable bonds is 2. The summed E-state index contributed by atoms with van der Waals surface area (Å²) < 4.78 is 10.7. The second-order valence-corrected chi connectivity index (χ2v) is 5.60. The first-order valence-corrected chi connectivity index (χ1v) is 6.33. The van der Waals surface area contributed by atoms with Gasteiger partial charge in [0.05, 0.1) is 10.8 Å². The lowest BCUT2D eigenvalue weighted by atomic mass is 10.0. The van der Waals surface area contributed by atoms with Crippen LogP contribution in [0.15, 0.2) is 12.1 Å². The van der Waals surface area contributed by atoms with Crippen LogP contribution in [0, 0.1) is 0 Å². The number of halogens is 1. The fourth-order valence-corrected chi connectivity index (χ4v) is 3.47. The lowest BCUT2D eigenvalue weighted by Gasteiger charge is -2.15. The predicted octanol–water partition coefficient (Wildman–Crippen LogP) is 2.33. The number of fused-ring (bicyclic) bond motifs is 3. The molecule has 2 heterocycles. The second kappa shape index (κ2) is 4.99. The standard InChI is InChI=1S/C12H13NO3S.ClH/c1-13(2)5-9-7-3-4-8-11(16-6-15-8)10(7)12(14)17-9;/h3-4,9H,5-6H2,1-2H3;1H. The number of thioether (sulfide) groups is 1. The van der Waals surface area contributed by atoms with E-state index in [9.17, 15) is 4.79 Å². The van der Waals surface area contributed by atoms with Crippen molar-refractivity contribution in [3.63, 3.8) is 0 Å². The van der Waals surface area contributed by atoms with E-state index < -0.39 is 0 Å². The van der Waals surface area contributed by atoms with Gasteiger partial charge in [-0.15, -0.1) is 12.4 Å². The Balaban J connectivity index is 0.00000120. The van der Waals surface area contributed by atoms with Crippen molar-refractivity contribution in [2.75, 3.05) is 27.4 Å². The van der Waals surface area contributed by atoms with Gasteiger partial charge in [-0.05, 0) is 25.7 Å². The first-order valence-electron chi connectivity index (χ1n) is 5.45. The molecule has 1 atom stereocenters. The Labute approximate surface area is 116 Å². The molecular weight excluding hydrogens is 274 g/mol. The Kier molecular flexibility index (Phi) is 3.75. The Bertz CT molecular complexity index is 492. The van der Waals surface area contributed by atoms with Gasteiger partial charge in [0, 0.05) is 6.54 Å². The van der Waals surface area contributed by atoms with E-state index in [-0.39, 0.29) is 29.6 Å². The summed E-state index contributed by atoms with van der Waals surface area (Å²) in [5.41, 5.74) is 1.77. The zero-order valence-electron chi connectivity index (χ0n) is 10.1. The molecule has 1 aromatic carbocycles. The highest BCUT2D eigenvalue weighted by molar-refractivity contribution is 8.14. The topological polar surface area (TPSA) is 38.8 Å². The largest absolute Gasteiger partial charge is 0.454 e. The quantitative estimate of drug-likeness (QED) is 0.835. The molecule has 3 rings (SSSR count). The average Bonchev–Trinajstić information content (AvgIpc) is 2.82. The summed E-state index contributed by atoms with van der Waals surface area (Å²) in [6.07, 6.45) is 0. The van der Waals surface area contributed by atoms with E-state index in [1.807, 2.05) is 26.2 Å². The van der Waals surface area contributed by atoms with Crippen molar-refractivity contribution in [1.82, 2.24) is 4.90 Å². The van der Waals surface area contributed by atoms with Crippen LogP contribution in [0.5, 0.6) is 11.5 Å². The average molecular weight is 288 g/mol. The molecule has 4 nitrogen and oxygen atoms in total. The van der Waals surface area contributed by atoms with Gasteiger partial charge in [-0.3, -0.25) is 4.79 Å². The molecule has 0 saturated heterocycles. The molecule has 0 spiro atoms. The third kappa shape index (κ3) is 2.06. The van der Waals surface area contributed by atoms with Crippen molar-refractivity contribution < 1.29 is 14.3 Å². The molecule has 98 valence electrons. The van der Waals surface area contributed by atoms with E-state index >= 15 is 0 Å². The fourth-order valence-electron chi connectivity index (χ4n) is 2.19. The maximum Gasteiger partial charge on any atom is 0.231 e. The van der Waals surface area contributed by atoms with Crippen LogP contribution >= 0.6 is 24.2 Å². The van der Waals surface area contributed by atoms with E-state index in [2.05, 4.69) is 4.90 Å². The number of nitrogens with zero attached hydrogens (tertiary/aromatic N) is 1. The monoisotopic (exact) mass is 287 g/mol. The molecule has 0 aliphatic carbocycles. The molecule has 18 heavy (non-hydrogen) atoms. The lowest BCUT2D eigenvalue weighted by molar-refractivity contribution is 0.108. The van der Waals surface area contributed by atoms with Gasteiger partial charge in [0.1, 0.15) is 0 Å². The minimum Gasteiger partial charge on any atom is -0.454 e. The van der Waals surface area contributed by atoms with Gasteiger partial charge in [-0.25, -0.2) is 0 Å². The van der Waals surface area contributed by atoms with Crippen LogP contribution in [0.4, 0.5) is 0 Å². The summed E-state index contributed by atoms with van der Waals surface area (Å²) in [6, 6.07) is 3.87. The van der Waals surface area contributed by atoms with Gasteiger partial charge < -0.3 is 14.4 Å². The minimum absolute atomic E-state index is 0. The molecule has 2 aliphatic heterocycles. The minimum atomic E-state index is 0. The summed E-state index contributed by atoms with van der Waals surface area (Å²) >= 11 is 1.37. The van der Waals surface area contributed by atoms with E-state index in [0.29, 0.717) is 17.1 Å². The first-order chi connectivity index (χ1) is 8.16. The smallest absolute Gasteiger partial charge is 0.231 e. The molecule has 0 radical (unpaired) electrons. The van der Waals surface area contributed by atoms with Gasteiger partial charge in [0.2, 0.25) is 11.9 Å². The van der Waals surface area contributed by atoms with Gasteiger partial charge in [0.15, 0.2) is 11.5 Å². The Morgan fingerprint density at radius 1 is 1.39 bits per heavy atom. The van der Waals surface area contributed by atoms with Gasteiger partial charge in [0.25, 0.3) is 0 Å². The molecule has 6 heteroatoms. The van der Waals surface area contributed by atoms with Crippen LogP contribution in [-0.2, 0) is 0 Å². The Hall–Kier alpha value is -0.910. The van der Waals surface area contributed by atoms with E-state index in [1.165, 1.54) is 11.8 Å². The Morgan fingerprint density at radius 3 is 2.89 bits per heavy atom. The van der Waals surface area contributed by atoms with Crippen LogP contribution in [0.2, 0.25) is 0 Å². The summed E-state index contributed by atoms with van der Waals surface area (Å²) in [7, 11) is 4.02. The van der Waals surface area contributed by atoms with Crippen LogP contribution in [0.3, 0.4) is 0 Å². The highest BCUT2D eigenvalue weighted by Gasteiger charge is 2.36. The molecule has 0 saturated carbocycles. The highest BCUT2D eigenvalue weighted by atomic mass is 35.5. The number of hydrogen-bond donors (Lipinski definition) is 0. The number of carbonyl (C=O) groups is 1. The van der Waals surface area contributed by atoms with E-state index in [4.69, 9.17) is 9.47 Å². The van der Waals surface area contributed by atoms with Crippen LogP contribution in [0.25, 0.3) is 0 Å². The maximum absolute atomic E-state index is 12.0.